The zero-order valence-electron chi connectivity index (χ0n) is 12.2. The second-order valence-electron chi connectivity index (χ2n) is 5.24. The third kappa shape index (κ3) is 2.83. The van der Waals surface area contributed by atoms with Gasteiger partial charge in [0.15, 0.2) is 0 Å². The van der Waals surface area contributed by atoms with Gasteiger partial charge in [0, 0.05) is 23.1 Å². The molecule has 1 aromatic heterocycles. The Bertz CT molecular complexity index is 776. The molecule has 21 heavy (non-hydrogen) atoms. The van der Waals surface area contributed by atoms with E-state index < -0.39 is 0 Å². The number of rotatable bonds is 4. The molecule has 0 saturated carbocycles. The van der Waals surface area contributed by atoms with E-state index in [9.17, 15) is 4.39 Å². The number of nitrogens with one attached hydrogen (secondary N) is 1. The lowest BCUT2D eigenvalue weighted by Gasteiger charge is -2.05. The van der Waals surface area contributed by atoms with E-state index in [2.05, 4.69) is 11.4 Å². The summed E-state index contributed by atoms with van der Waals surface area (Å²) in [5, 5.41) is 4.17. The first-order chi connectivity index (χ1) is 10.2. The summed E-state index contributed by atoms with van der Waals surface area (Å²) in [6, 6.07) is 13.2. The molecule has 0 aliphatic heterocycles. The van der Waals surface area contributed by atoms with Crippen LogP contribution in [0.4, 0.5) is 4.39 Å². The first kappa shape index (κ1) is 13.8. The van der Waals surface area contributed by atoms with E-state index in [1.807, 2.05) is 44.2 Å². The van der Waals surface area contributed by atoms with Crippen molar-refractivity contribution in [3.63, 3.8) is 0 Å². The molecule has 0 saturated heterocycles. The summed E-state index contributed by atoms with van der Waals surface area (Å²) in [6.07, 6.45) is 0. The Hall–Kier alpha value is -2.13. The van der Waals surface area contributed by atoms with E-state index in [-0.39, 0.29) is 5.82 Å². The van der Waals surface area contributed by atoms with Crippen LogP contribution in [-0.4, -0.2) is 6.54 Å². The van der Waals surface area contributed by atoms with Gasteiger partial charge in [-0.1, -0.05) is 30.7 Å². The third-order valence-corrected chi connectivity index (χ3v) is 3.57. The standard InChI is InChI=1S/C18H18FNO/c1-3-20-11-14-6-5-13(9-16(14)19)18-10-15-8-12(2)4-7-17(15)21-18/h4-10,20H,3,11H2,1-2H3. The minimum Gasteiger partial charge on any atom is -0.456 e. The number of furan rings is 1. The Labute approximate surface area is 123 Å². The monoisotopic (exact) mass is 283 g/mol. The molecule has 0 atom stereocenters. The fraction of sp³-hybridized carbons (Fsp3) is 0.222. The first-order valence-corrected chi connectivity index (χ1v) is 7.17. The predicted octanol–water partition coefficient (Wildman–Crippen LogP) is 4.66. The summed E-state index contributed by atoms with van der Waals surface area (Å²) in [4.78, 5) is 0. The second kappa shape index (κ2) is 5.70. The highest BCUT2D eigenvalue weighted by molar-refractivity contribution is 5.83. The van der Waals surface area contributed by atoms with Crippen molar-refractivity contribution in [1.82, 2.24) is 5.32 Å². The van der Waals surface area contributed by atoms with E-state index in [0.717, 1.165) is 23.1 Å². The molecular weight excluding hydrogens is 265 g/mol. The van der Waals surface area contributed by atoms with Gasteiger partial charge in [0.05, 0.1) is 0 Å². The van der Waals surface area contributed by atoms with Crippen molar-refractivity contribution >= 4 is 11.0 Å². The zero-order chi connectivity index (χ0) is 14.8. The fourth-order valence-corrected chi connectivity index (χ4v) is 2.41. The van der Waals surface area contributed by atoms with Gasteiger partial charge < -0.3 is 9.73 Å². The number of fused-ring (bicyclic) bond motifs is 1. The summed E-state index contributed by atoms with van der Waals surface area (Å²) in [7, 11) is 0. The van der Waals surface area contributed by atoms with Gasteiger partial charge in [-0.3, -0.25) is 0 Å². The summed E-state index contributed by atoms with van der Waals surface area (Å²) >= 11 is 0. The molecule has 1 N–H and O–H groups in total. The maximum Gasteiger partial charge on any atom is 0.135 e. The molecular formula is C18H18FNO. The smallest absolute Gasteiger partial charge is 0.135 e. The minimum atomic E-state index is -0.204. The highest BCUT2D eigenvalue weighted by Crippen LogP contribution is 2.29. The molecule has 0 unspecified atom stereocenters. The van der Waals surface area contributed by atoms with Crippen molar-refractivity contribution in [3.8, 4) is 11.3 Å². The van der Waals surface area contributed by atoms with Gasteiger partial charge in [-0.05, 0) is 37.7 Å². The average Bonchev–Trinajstić information content (AvgIpc) is 2.89. The lowest BCUT2D eigenvalue weighted by atomic mass is 10.1. The fourth-order valence-electron chi connectivity index (χ4n) is 2.41. The number of halogens is 1. The second-order valence-corrected chi connectivity index (χ2v) is 5.24. The van der Waals surface area contributed by atoms with Gasteiger partial charge in [0.2, 0.25) is 0 Å². The number of benzene rings is 2. The van der Waals surface area contributed by atoms with Gasteiger partial charge in [-0.2, -0.15) is 0 Å². The van der Waals surface area contributed by atoms with E-state index in [1.165, 1.54) is 11.6 Å². The van der Waals surface area contributed by atoms with Crippen LogP contribution in [0.25, 0.3) is 22.3 Å². The Balaban J connectivity index is 1.96. The molecule has 0 radical (unpaired) electrons. The normalized spacial score (nSPS) is 11.2. The van der Waals surface area contributed by atoms with Crippen molar-refractivity contribution < 1.29 is 8.81 Å². The van der Waals surface area contributed by atoms with Gasteiger partial charge in [0.1, 0.15) is 17.2 Å². The van der Waals surface area contributed by atoms with Gasteiger partial charge >= 0.3 is 0 Å². The van der Waals surface area contributed by atoms with Crippen molar-refractivity contribution in [2.24, 2.45) is 0 Å². The molecule has 3 rings (SSSR count). The van der Waals surface area contributed by atoms with Gasteiger partial charge in [-0.25, -0.2) is 4.39 Å². The molecule has 0 aliphatic carbocycles. The van der Waals surface area contributed by atoms with Crippen LogP contribution >= 0.6 is 0 Å². The molecule has 3 heteroatoms. The van der Waals surface area contributed by atoms with Crippen LogP contribution in [0, 0.1) is 12.7 Å². The predicted molar refractivity (Wildman–Crippen MR) is 83.7 cm³/mol. The Morgan fingerprint density at radius 2 is 1.95 bits per heavy atom. The molecule has 0 aliphatic rings. The molecule has 1 heterocycles. The summed E-state index contributed by atoms with van der Waals surface area (Å²) in [6.45, 7) is 5.41. The number of aryl methyl sites for hydroxylation is 1. The van der Waals surface area contributed by atoms with Crippen LogP contribution in [-0.2, 0) is 6.54 Å². The number of hydrogen-bond donors (Lipinski definition) is 1. The van der Waals surface area contributed by atoms with E-state index in [4.69, 9.17) is 4.42 Å². The SMILES string of the molecule is CCNCc1ccc(-c2cc3cc(C)ccc3o2)cc1F. The van der Waals surface area contributed by atoms with Crippen LogP contribution in [0.15, 0.2) is 46.9 Å². The van der Waals surface area contributed by atoms with Crippen LogP contribution in [0.2, 0.25) is 0 Å². The third-order valence-electron chi connectivity index (χ3n) is 3.57. The van der Waals surface area contributed by atoms with Crippen LogP contribution < -0.4 is 5.32 Å². The molecule has 0 fully saturated rings. The van der Waals surface area contributed by atoms with E-state index in [0.29, 0.717) is 17.9 Å². The summed E-state index contributed by atoms with van der Waals surface area (Å²) in [5.74, 6) is 0.495. The molecule has 0 amide bonds. The van der Waals surface area contributed by atoms with Gasteiger partial charge in [0.25, 0.3) is 0 Å². The van der Waals surface area contributed by atoms with Crippen molar-refractivity contribution in [2.75, 3.05) is 6.54 Å². The Morgan fingerprint density at radius 1 is 1.10 bits per heavy atom. The largest absolute Gasteiger partial charge is 0.456 e. The summed E-state index contributed by atoms with van der Waals surface area (Å²) < 4.78 is 19.9. The van der Waals surface area contributed by atoms with E-state index in [1.54, 1.807) is 0 Å². The topological polar surface area (TPSA) is 25.2 Å². The first-order valence-electron chi connectivity index (χ1n) is 7.17. The lowest BCUT2D eigenvalue weighted by Crippen LogP contribution is -2.12. The highest BCUT2D eigenvalue weighted by atomic mass is 19.1. The average molecular weight is 283 g/mol. The molecule has 108 valence electrons. The molecule has 2 nitrogen and oxygen atoms in total. The van der Waals surface area contributed by atoms with Crippen LogP contribution in [0.5, 0.6) is 0 Å². The molecule has 0 spiro atoms. The highest BCUT2D eigenvalue weighted by Gasteiger charge is 2.09. The maximum atomic E-state index is 14.1. The molecule has 2 aromatic carbocycles. The zero-order valence-corrected chi connectivity index (χ0v) is 12.2. The summed E-state index contributed by atoms with van der Waals surface area (Å²) in [5.41, 5.74) is 3.45. The van der Waals surface area contributed by atoms with Crippen LogP contribution in [0.3, 0.4) is 0 Å². The van der Waals surface area contributed by atoms with Crippen molar-refractivity contribution in [1.29, 1.82) is 0 Å². The molecule has 3 aromatic rings. The van der Waals surface area contributed by atoms with Crippen LogP contribution in [0.1, 0.15) is 18.1 Å². The van der Waals surface area contributed by atoms with Gasteiger partial charge in [-0.15, -0.1) is 0 Å². The van der Waals surface area contributed by atoms with Crippen molar-refractivity contribution in [3.05, 3.63) is 59.4 Å². The number of hydrogen-bond acceptors (Lipinski definition) is 2. The van der Waals surface area contributed by atoms with E-state index >= 15 is 0 Å². The quantitative estimate of drug-likeness (QED) is 0.753. The van der Waals surface area contributed by atoms with Crippen molar-refractivity contribution in [2.45, 2.75) is 20.4 Å². The maximum absolute atomic E-state index is 14.1. The lowest BCUT2D eigenvalue weighted by molar-refractivity contribution is 0.591. The Kier molecular flexibility index (Phi) is 3.76. The minimum absolute atomic E-state index is 0.204. The Morgan fingerprint density at radius 3 is 2.71 bits per heavy atom. The molecule has 0 bridgehead atoms.